The van der Waals surface area contributed by atoms with Crippen LogP contribution in [0.25, 0.3) is 0 Å². The Hall–Kier alpha value is -2.21. The number of nitrogens with zero attached hydrogens (tertiary/aromatic N) is 1. The van der Waals surface area contributed by atoms with Gasteiger partial charge in [0.2, 0.25) is 0 Å². The number of amides is 2. The van der Waals surface area contributed by atoms with Gasteiger partial charge < -0.3 is 10.2 Å². The fraction of sp³-hybridized carbons (Fsp3) is 0.278. The normalized spacial score (nSPS) is 13.2. The summed E-state index contributed by atoms with van der Waals surface area (Å²) < 4.78 is 24.8. The Bertz CT molecular complexity index is 762. The molecule has 0 fully saturated rings. The van der Waals surface area contributed by atoms with E-state index in [4.69, 9.17) is 0 Å². The average molecular weight is 348 g/mol. The summed E-state index contributed by atoms with van der Waals surface area (Å²) in [5.41, 5.74) is 2.18. The van der Waals surface area contributed by atoms with Crippen LogP contribution in [0.4, 0.5) is 14.9 Å². The molecule has 2 aromatic rings. The molecule has 1 N–H and O–H groups in total. The van der Waals surface area contributed by atoms with E-state index in [1.807, 2.05) is 26.0 Å². The van der Waals surface area contributed by atoms with E-state index < -0.39 is 16.6 Å². The zero-order valence-corrected chi connectivity index (χ0v) is 15.0. The van der Waals surface area contributed by atoms with Crippen molar-refractivity contribution in [3.8, 4) is 0 Å². The van der Waals surface area contributed by atoms with Crippen LogP contribution in [0.15, 0.2) is 47.4 Å². The molecule has 0 saturated heterocycles. The maximum absolute atomic E-state index is 13.3. The van der Waals surface area contributed by atoms with Crippen molar-refractivity contribution in [1.82, 2.24) is 4.90 Å². The van der Waals surface area contributed by atoms with Crippen molar-refractivity contribution < 1.29 is 13.4 Å². The average Bonchev–Trinajstić information content (AvgIpc) is 2.56. The highest BCUT2D eigenvalue weighted by Gasteiger charge is 2.18. The second kappa shape index (κ2) is 7.57. The van der Waals surface area contributed by atoms with Gasteiger partial charge in [-0.3, -0.25) is 4.21 Å². The van der Waals surface area contributed by atoms with E-state index in [-0.39, 0.29) is 12.1 Å². The van der Waals surface area contributed by atoms with E-state index in [0.717, 1.165) is 16.0 Å². The van der Waals surface area contributed by atoms with Crippen molar-refractivity contribution >= 4 is 22.5 Å². The molecule has 24 heavy (non-hydrogen) atoms. The summed E-state index contributed by atoms with van der Waals surface area (Å²) in [6.45, 7) is 3.71. The summed E-state index contributed by atoms with van der Waals surface area (Å²) >= 11 is 0. The summed E-state index contributed by atoms with van der Waals surface area (Å²) in [7, 11) is 0.651. The first-order valence-electron chi connectivity index (χ1n) is 7.53. The van der Waals surface area contributed by atoms with Gasteiger partial charge in [0.1, 0.15) is 5.82 Å². The molecule has 0 bridgehead atoms. The first-order valence-corrected chi connectivity index (χ1v) is 9.08. The minimum Gasteiger partial charge on any atom is -0.321 e. The molecule has 4 nitrogen and oxygen atoms in total. The minimum absolute atomic E-state index is 0.182. The number of hydrogen-bond donors (Lipinski definition) is 1. The zero-order chi connectivity index (χ0) is 17.9. The summed E-state index contributed by atoms with van der Waals surface area (Å²) in [5.74, 6) is -0.394. The van der Waals surface area contributed by atoms with Gasteiger partial charge in [-0.05, 0) is 49.2 Å². The highest BCUT2D eigenvalue weighted by Crippen LogP contribution is 2.22. The number of carbonyl (C=O) groups excluding carboxylic acids is 1. The third-order valence-electron chi connectivity index (χ3n) is 4.04. The molecule has 2 rings (SSSR count). The Labute approximate surface area is 144 Å². The van der Waals surface area contributed by atoms with Gasteiger partial charge in [-0.1, -0.05) is 18.2 Å². The van der Waals surface area contributed by atoms with E-state index in [9.17, 15) is 13.4 Å². The molecule has 2 atom stereocenters. The maximum atomic E-state index is 13.3. The molecule has 0 aliphatic heterocycles. The number of aryl methyl sites for hydroxylation is 1. The van der Waals surface area contributed by atoms with Gasteiger partial charge in [-0.25, -0.2) is 9.18 Å². The van der Waals surface area contributed by atoms with Gasteiger partial charge in [-0.15, -0.1) is 0 Å². The van der Waals surface area contributed by atoms with Crippen molar-refractivity contribution in [2.45, 2.75) is 24.8 Å². The van der Waals surface area contributed by atoms with Crippen LogP contribution in [0.1, 0.15) is 24.1 Å². The highest BCUT2D eigenvalue weighted by atomic mass is 32.2. The molecular weight excluding hydrogens is 327 g/mol. The number of rotatable bonds is 4. The number of anilines is 1. The Morgan fingerprint density at radius 1 is 1.21 bits per heavy atom. The van der Waals surface area contributed by atoms with Crippen LogP contribution in [0.2, 0.25) is 0 Å². The van der Waals surface area contributed by atoms with E-state index in [1.54, 1.807) is 36.4 Å². The number of carbonyl (C=O) groups is 1. The third kappa shape index (κ3) is 4.20. The van der Waals surface area contributed by atoms with Crippen molar-refractivity contribution in [2.24, 2.45) is 0 Å². The van der Waals surface area contributed by atoms with Gasteiger partial charge in [0, 0.05) is 34.7 Å². The van der Waals surface area contributed by atoms with Gasteiger partial charge in [-0.2, -0.15) is 0 Å². The summed E-state index contributed by atoms with van der Waals surface area (Å²) in [6, 6.07) is 11.1. The molecule has 0 spiro atoms. The molecule has 6 heteroatoms. The maximum Gasteiger partial charge on any atom is 0.322 e. The van der Waals surface area contributed by atoms with Crippen LogP contribution >= 0.6 is 0 Å². The number of benzene rings is 2. The lowest BCUT2D eigenvalue weighted by Crippen LogP contribution is -2.33. The van der Waals surface area contributed by atoms with Crippen LogP contribution < -0.4 is 5.32 Å². The molecule has 0 aliphatic carbocycles. The number of halogens is 1. The summed E-state index contributed by atoms with van der Waals surface area (Å²) in [6.07, 6.45) is 1.62. The molecule has 2 aromatic carbocycles. The van der Waals surface area contributed by atoms with E-state index >= 15 is 0 Å². The van der Waals surface area contributed by atoms with Crippen LogP contribution in [0.5, 0.6) is 0 Å². The molecular formula is C18H21FN2O2S. The second-order valence-corrected chi connectivity index (χ2v) is 7.08. The predicted octanol–water partition coefficient (Wildman–Crippen LogP) is 4.10. The zero-order valence-electron chi connectivity index (χ0n) is 14.2. The van der Waals surface area contributed by atoms with Gasteiger partial charge in [0.15, 0.2) is 0 Å². The molecule has 0 unspecified atom stereocenters. The van der Waals surface area contributed by atoms with Crippen LogP contribution in [0.3, 0.4) is 0 Å². The van der Waals surface area contributed by atoms with Crippen LogP contribution in [-0.4, -0.2) is 28.4 Å². The largest absolute Gasteiger partial charge is 0.322 e. The fourth-order valence-electron chi connectivity index (χ4n) is 2.27. The van der Waals surface area contributed by atoms with E-state index in [2.05, 4.69) is 5.32 Å². The van der Waals surface area contributed by atoms with Crippen molar-refractivity contribution in [3.05, 3.63) is 59.4 Å². The van der Waals surface area contributed by atoms with Crippen molar-refractivity contribution in [2.75, 3.05) is 18.6 Å². The molecule has 2 amide bonds. The van der Waals surface area contributed by atoms with E-state index in [1.165, 1.54) is 12.1 Å². The molecule has 0 radical (unpaired) electrons. The number of nitrogens with one attached hydrogen (secondary N) is 1. The summed E-state index contributed by atoms with van der Waals surface area (Å²) in [4.78, 5) is 14.7. The van der Waals surface area contributed by atoms with Crippen molar-refractivity contribution in [1.29, 1.82) is 0 Å². The number of hydrogen-bond acceptors (Lipinski definition) is 2. The second-order valence-electron chi connectivity index (χ2n) is 5.70. The van der Waals surface area contributed by atoms with Gasteiger partial charge >= 0.3 is 6.03 Å². The third-order valence-corrected chi connectivity index (χ3v) is 4.97. The standard InChI is InChI=1S/C18H21FN2O2S/c1-12-5-8-15(19)11-17(12)20-18(22)21(3)13(2)14-6-9-16(10-7-14)24(4)23/h5-11,13H,1-4H3,(H,20,22)/t13-,24-/m0/s1. The fourth-order valence-corrected chi connectivity index (χ4v) is 2.79. The molecule has 128 valence electrons. The Morgan fingerprint density at radius 2 is 1.83 bits per heavy atom. The monoisotopic (exact) mass is 348 g/mol. The molecule has 0 aliphatic rings. The lowest BCUT2D eigenvalue weighted by molar-refractivity contribution is 0.208. The molecule has 0 aromatic heterocycles. The topological polar surface area (TPSA) is 49.4 Å². The van der Waals surface area contributed by atoms with Crippen LogP contribution in [0, 0.1) is 12.7 Å². The smallest absolute Gasteiger partial charge is 0.321 e. The minimum atomic E-state index is -1.03. The molecule has 0 heterocycles. The number of urea groups is 1. The van der Waals surface area contributed by atoms with Crippen molar-refractivity contribution in [3.63, 3.8) is 0 Å². The van der Waals surface area contributed by atoms with Gasteiger partial charge in [0.05, 0.1) is 6.04 Å². The Morgan fingerprint density at radius 3 is 2.42 bits per heavy atom. The van der Waals surface area contributed by atoms with Gasteiger partial charge in [0.25, 0.3) is 0 Å². The Kier molecular flexibility index (Phi) is 5.72. The lowest BCUT2D eigenvalue weighted by Gasteiger charge is -2.26. The SMILES string of the molecule is Cc1ccc(F)cc1NC(=O)N(C)[C@@H](C)c1ccc([S@](C)=O)cc1. The first kappa shape index (κ1) is 18.1. The first-order chi connectivity index (χ1) is 11.3. The Balaban J connectivity index is 2.11. The lowest BCUT2D eigenvalue weighted by atomic mass is 10.1. The predicted molar refractivity (Wildman–Crippen MR) is 95.1 cm³/mol. The summed E-state index contributed by atoms with van der Waals surface area (Å²) in [5, 5.41) is 2.73. The highest BCUT2D eigenvalue weighted by molar-refractivity contribution is 7.84. The molecule has 0 saturated carbocycles. The van der Waals surface area contributed by atoms with E-state index in [0.29, 0.717) is 5.69 Å². The quantitative estimate of drug-likeness (QED) is 0.904. The van der Waals surface area contributed by atoms with Crippen LogP contribution in [-0.2, 0) is 10.8 Å².